The van der Waals surface area contributed by atoms with Gasteiger partial charge in [0, 0.05) is 17.8 Å². The van der Waals surface area contributed by atoms with Gasteiger partial charge in [-0.25, -0.2) is 0 Å². The third-order valence-electron chi connectivity index (χ3n) is 3.69. The van der Waals surface area contributed by atoms with E-state index in [1.165, 1.54) is 0 Å². The van der Waals surface area contributed by atoms with Crippen molar-refractivity contribution in [2.75, 3.05) is 0 Å². The number of nitrogens with one attached hydrogen (secondary N) is 1. The summed E-state index contributed by atoms with van der Waals surface area (Å²) in [5.74, 6) is 0. The van der Waals surface area contributed by atoms with Gasteiger partial charge in [0.15, 0.2) is 0 Å². The van der Waals surface area contributed by atoms with Gasteiger partial charge in [-0.2, -0.15) is 5.26 Å². The molecular weight excluding hydrogens is 280 g/mol. The van der Waals surface area contributed by atoms with Crippen molar-refractivity contribution in [3.63, 3.8) is 0 Å². The topological polar surface area (TPSA) is 35.8 Å². The molecule has 2 aromatic carbocycles. The first kappa shape index (κ1) is 16.3. The molecule has 0 aromatic heterocycles. The number of nitriles is 1. The van der Waals surface area contributed by atoms with Crippen molar-refractivity contribution in [3.8, 4) is 6.07 Å². The van der Waals surface area contributed by atoms with Crippen LogP contribution in [0.3, 0.4) is 0 Å². The van der Waals surface area contributed by atoms with Crippen LogP contribution in [0.4, 0.5) is 0 Å². The molecule has 2 heteroatoms. The average Bonchev–Trinajstić information content (AvgIpc) is 2.59. The van der Waals surface area contributed by atoms with Crippen LogP contribution in [0.1, 0.15) is 34.7 Å². The fraction of sp³-hybridized carbons (Fsp3) is 0.0952. The Hall–Kier alpha value is -3.05. The van der Waals surface area contributed by atoms with Gasteiger partial charge in [0.2, 0.25) is 0 Å². The molecule has 0 saturated carbocycles. The first-order valence-electron chi connectivity index (χ1n) is 7.40. The molecule has 0 fully saturated rings. The Kier molecular flexibility index (Phi) is 5.17. The molecule has 0 heterocycles. The smallest absolute Gasteiger partial charge is 0.0995 e. The van der Waals surface area contributed by atoms with Crippen molar-refractivity contribution >= 4 is 17.3 Å². The van der Waals surface area contributed by atoms with Crippen LogP contribution in [0.5, 0.6) is 0 Å². The molecule has 0 spiro atoms. The molecule has 0 aliphatic carbocycles. The maximum absolute atomic E-state index is 9.29. The second-order valence-corrected chi connectivity index (χ2v) is 5.39. The van der Waals surface area contributed by atoms with Gasteiger partial charge in [0.1, 0.15) is 0 Å². The third-order valence-corrected chi connectivity index (χ3v) is 3.69. The quantitative estimate of drug-likeness (QED) is 0.815. The standard InChI is InChI=1S/C21H20N2/c1-5-17-10-11-18(19(12-17)13-22)14-23-16(4)21-9-7-6-8-20(21)15(2)3/h5-12,23H,1-2,4,14H2,3H3. The van der Waals surface area contributed by atoms with Gasteiger partial charge >= 0.3 is 0 Å². The number of hydrogen-bond acceptors (Lipinski definition) is 2. The van der Waals surface area contributed by atoms with E-state index in [-0.39, 0.29) is 0 Å². The van der Waals surface area contributed by atoms with Crippen molar-refractivity contribution in [1.29, 1.82) is 5.26 Å². The van der Waals surface area contributed by atoms with Crippen molar-refractivity contribution in [2.24, 2.45) is 0 Å². The van der Waals surface area contributed by atoms with E-state index >= 15 is 0 Å². The van der Waals surface area contributed by atoms with Crippen LogP contribution >= 0.6 is 0 Å². The summed E-state index contributed by atoms with van der Waals surface area (Å²) in [5, 5.41) is 12.6. The zero-order valence-corrected chi connectivity index (χ0v) is 13.4. The first-order chi connectivity index (χ1) is 11.1. The average molecular weight is 300 g/mol. The molecule has 0 radical (unpaired) electrons. The van der Waals surface area contributed by atoms with E-state index in [2.05, 4.69) is 31.1 Å². The van der Waals surface area contributed by atoms with Crippen molar-refractivity contribution in [1.82, 2.24) is 5.32 Å². The van der Waals surface area contributed by atoms with Crippen LogP contribution in [-0.2, 0) is 6.54 Å². The van der Waals surface area contributed by atoms with Gasteiger partial charge in [0.25, 0.3) is 0 Å². The highest BCUT2D eigenvalue weighted by molar-refractivity contribution is 5.76. The molecule has 0 atom stereocenters. The number of hydrogen-bond donors (Lipinski definition) is 1. The number of benzene rings is 2. The van der Waals surface area contributed by atoms with Gasteiger partial charge in [-0.1, -0.05) is 67.8 Å². The van der Waals surface area contributed by atoms with Gasteiger partial charge in [-0.3, -0.25) is 0 Å². The molecule has 2 rings (SSSR count). The lowest BCUT2D eigenvalue weighted by Crippen LogP contribution is -2.13. The van der Waals surface area contributed by atoms with E-state index in [0.29, 0.717) is 12.1 Å². The molecule has 0 unspecified atom stereocenters. The summed E-state index contributed by atoms with van der Waals surface area (Å²) >= 11 is 0. The van der Waals surface area contributed by atoms with Gasteiger partial charge in [0.05, 0.1) is 11.6 Å². The first-order valence-corrected chi connectivity index (χ1v) is 7.40. The molecular formula is C21H20N2. The van der Waals surface area contributed by atoms with Crippen molar-refractivity contribution in [2.45, 2.75) is 13.5 Å². The van der Waals surface area contributed by atoms with Gasteiger partial charge in [-0.15, -0.1) is 0 Å². The van der Waals surface area contributed by atoms with E-state index in [9.17, 15) is 5.26 Å². The summed E-state index contributed by atoms with van der Waals surface area (Å²) < 4.78 is 0. The van der Waals surface area contributed by atoms with E-state index in [4.69, 9.17) is 0 Å². The second kappa shape index (κ2) is 7.29. The predicted octanol–water partition coefficient (Wildman–Crippen LogP) is 4.99. The SMILES string of the molecule is C=Cc1ccc(CNC(=C)c2ccccc2C(=C)C)c(C#N)c1. The Morgan fingerprint density at radius 1 is 1.17 bits per heavy atom. The van der Waals surface area contributed by atoms with Crippen molar-refractivity contribution in [3.05, 3.63) is 90.0 Å². The minimum Gasteiger partial charge on any atom is -0.381 e. The van der Waals surface area contributed by atoms with Crippen LogP contribution in [-0.4, -0.2) is 0 Å². The minimum atomic E-state index is 0.545. The molecule has 0 bridgehead atoms. The van der Waals surface area contributed by atoms with E-state index < -0.39 is 0 Å². The maximum Gasteiger partial charge on any atom is 0.0995 e. The number of rotatable bonds is 6. The fourth-order valence-corrected chi connectivity index (χ4v) is 2.39. The third kappa shape index (κ3) is 3.78. The number of allylic oxidation sites excluding steroid dienone is 1. The van der Waals surface area contributed by atoms with Gasteiger partial charge < -0.3 is 5.32 Å². The van der Waals surface area contributed by atoms with Gasteiger partial charge in [-0.05, 0) is 29.7 Å². The summed E-state index contributed by atoms with van der Waals surface area (Å²) in [6.45, 7) is 14.4. The number of nitrogens with zero attached hydrogens (tertiary/aromatic N) is 1. The molecule has 0 saturated heterocycles. The van der Waals surface area contributed by atoms with Crippen LogP contribution in [0.2, 0.25) is 0 Å². The zero-order chi connectivity index (χ0) is 16.8. The van der Waals surface area contributed by atoms with Crippen LogP contribution in [0.25, 0.3) is 17.3 Å². The van der Waals surface area contributed by atoms with Crippen LogP contribution in [0.15, 0.2) is 62.2 Å². The van der Waals surface area contributed by atoms with Crippen LogP contribution < -0.4 is 5.32 Å². The molecule has 1 N–H and O–H groups in total. The molecule has 0 aliphatic rings. The Morgan fingerprint density at radius 2 is 1.87 bits per heavy atom. The largest absolute Gasteiger partial charge is 0.381 e. The van der Waals surface area contributed by atoms with Crippen LogP contribution in [0, 0.1) is 11.3 Å². The lowest BCUT2D eigenvalue weighted by Gasteiger charge is -2.15. The lowest BCUT2D eigenvalue weighted by atomic mass is 9.99. The summed E-state index contributed by atoms with van der Waals surface area (Å²) in [6.07, 6.45) is 1.74. The van der Waals surface area contributed by atoms with Crippen molar-refractivity contribution < 1.29 is 0 Å². The highest BCUT2D eigenvalue weighted by Crippen LogP contribution is 2.22. The Labute approximate surface area is 138 Å². The predicted molar refractivity (Wildman–Crippen MR) is 98.3 cm³/mol. The molecule has 0 amide bonds. The summed E-state index contributed by atoms with van der Waals surface area (Å²) in [7, 11) is 0. The molecule has 0 aliphatic heterocycles. The lowest BCUT2D eigenvalue weighted by molar-refractivity contribution is 0.888. The fourth-order valence-electron chi connectivity index (χ4n) is 2.39. The molecule has 2 aromatic rings. The molecule has 23 heavy (non-hydrogen) atoms. The Bertz CT molecular complexity index is 807. The normalized spacial score (nSPS) is 9.74. The summed E-state index contributed by atoms with van der Waals surface area (Å²) in [4.78, 5) is 0. The molecule has 2 nitrogen and oxygen atoms in total. The highest BCUT2D eigenvalue weighted by Gasteiger charge is 2.07. The van der Waals surface area contributed by atoms with E-state index in [0.717, 1.165) is 33.5 Å². The Balaban J connectivity index is 2.19. The van der Waals surface area contributed by atoms with E-state index in [1.54, 1.807) is 6.08 Å². The van der Waals surface area contributed by atoms with E-state index in [1.807, 2.05) is 49.4 Å². The second-order valence-electron chi connectivity index (χ2n) is 5.39. The minimum absolute atomic E-state index is 0.545. The molecule has 114 valence electrons. The monoisotopic (exact) mass is 300 g/mol. The Morgan fingerprint density at radius 3 is 2.48 bits per heavy atom. The highest BCUT2D eigenvalue weighted by atomic mass is 14.9. The summed E-state index contributed by atoms with van der Waals surface area (Å²) in [6, 6.07) is 16.0. The zero-order valence-electron chi connectivity index (χ0n) is 13.4. The maximum atomic E-state index is 9.29. The summed E-state index contributed by atoms with van der Waals surface area (Å²) in [5.41, 5.74) is 6.45.